The number of nitrogens with zero attached hydrogens (tertiary/aromatic N) is 1. The summed E-state index contributed by atoms with van der Waals surface area (Å²) in [4.78, 5) is 12.0. The molecule has 0 saturated carbocycles. The van der Waals surface area contributed by atoms with Crippen LogP contribution < -0.4 is 5.63 Å². The van der Waals surface area contributed by atoms with Crippen LogP contribution in [-0.2, 0) is 72.6 Å². The molecule has 0 aliphatic carbocycles. The Morgan fingerprint density at radius 1 is 0.912 bits per heavy atom. The van der Waals surface area contributed by atoms with E-state index in [9.17, 15) is 4.79 Å². The van der Waals surface area contributed by atoms with Crippen molar-refractivity contribution in [1.29, 1.82) is 5.26 Å². The molecule has 0 atom stereocenters. The van der Waals surface area contributed by atoms with Crippen LogP contribution in [0.25, 0.3) is 10.8 Å². The Morgan fingerprint density at radius 2 is 1.44 bits per heavy atom. The monoisotopic (exact) mass is 553 g/mol. The number of hydrogen-bond donors (Lipinski definition) is 0. The molecule has 0 unspecified atom stereocenters. The van der Waals surface area contributed by atoms with Crippen LogP contribution in [0.3, 0.4) is 0 Å². The molecule has 0 bridgehead atoms. The van der Waals surface area contributed by atoms with Crippen LogP contribution >= 0.6 is 0 Å². The van der Waals surface area contributed by atoms with Gasteiger partial charge in [0, 0.05) is 40.1 Å². The van der Waals surface area contributed by atoms with Gasteiger partial charge in [0.1, 0.15) is 0 Å². The second kappa shape index (κ2) is 34.8. The van der Waals surface area contributed by atoms with Crippen LogP contribution in [-0.4, -0.2) is 13.2 Å². The van der Waals surface area contributed by atoms with Gasteiger partial charge in [0.15, 0.2) is 0 Å². The molecule has 0 N–H and O–H groups in total. The van der Waals surface area contributed by atoms with Gasteiger partial charge in [-0.1, -0.05) is 18.7 Å². The first-order chi connectivity index (χ1) is 15.8. The quantitative estimate of drug-likeness (QED) is 0.358. The molecular formula is C22H13Co2NO9. The summed E-state index contributed by atoms with van der Waals surface area (Å²) < 4.78 is 55.8. The van der Waals surface area contributed by atoms with Gasteiger partial charge in [0.05, 0.1) is 6.07 Å². The van der Waals surface area contributed by atoms with E-state index in [-0.39, 0.29) is 39.2 Å². The second-order valence-corrected chi connectivity index (χ2v) is 4.68. The van der Waals surface area contributed by atoms with Gasteiger partial charge in [-0.15, -0.1) is 5.39 Å². The Morgan fingerprint density at radius 3 is 1.94 bits per heavy atom. The molecule has 1 aliphatic rings. The molecule has 2 heterocycles. The topological polar surface area (TPSA) is 183 Å². The summed E-state index contributed by atoms with van der Waals surface area (Å²) in [6.45, 7) is 28.2. The Labute approximate surface area is 216 Å². The van der Waals surface area contributed by atoms with Crippen molar-refractivity contribution in [3.8, 4) is 6.07 Å². The maximum Gasteiger partial charge on any atom is 2.00 e. The number of benzene rings is 1. The Hall–Kier alpha value is -2.80. The molecule has 1 aliphatic heterocycles. The van der Waals surface area contributed by atoms with Crippen LogP contribution in [0.4, 0.5) is 0 Å². The molecule has 0 fully saturated rings. The van der Waals surface area contributed by atoms with E-state index in [1.54, 1.807) is 18.2 Å². The molecule has 0 amide bonds. The summed E-state index contributed by atoms with van der Waals surface area (Å²) in [7, 11) is 0. The number of aryl methyl sites for hydroxylation is 1. The molecule has 12 heteroatoms. The van der Waals surface area contributed by atoms with E-state index in [2.05, 4.69) is 46.0 Å². The minimum Gasteiger partial charge on any atom is 0 e. The minimum absolute atomic E-state index is 0. The number of ether oxygens (including phenoxy) is 1. The number of fused-ring (bicyclic) bond motifs is 3. The van der Waals surface area contributed by atoms with E-state index in [0.717, 1.165) is 17.4 Å². The number of nitriles is 1. The molecule has 10 nitrogen and oxygen atoms in total. The molecule has 178 valence electrons. The van der Waals surface area contributed by atoms with Crippen molar-refractivity contribution in [3.63, 3.8) is 0 Å². The molecule has 2 radical (unpaired) electrons. The van der Waals surface area contributed by atoms with E-state index < -0.39 is 0 Å². The molecule has 34 heavy (non-hydrogen) atoms. The zero-order valence-electron chi connectivity index (χ0n) is 17.0. The molecule has 1 aromatic heterocycles. The zero-order chi connectivity index (χ0) is 25.9. The van der Waals surface area contributed by atoms with Gasteiger partial charge in [0.25, 0.3) is 0 Å². The molecule has 0 saturated heterocycles. The van der Waals surface area contributed by atoms with E-state index in [1.165, 1.54) is 0 Å². The largest absolute Gasteiger partial charge is 2.00 e. The van der Waals surface area contributed by atoms with Crippen molar-refractivity contribution in [3.05, 3.63) is 98.3 Å². The zero-order valence-corrected chi connectivity index (χ0v) is 19.1. The molecule has 2 aromatic rings. The average Bonchev–Trinajstić information content (AvgIpc) is 3.03. The number of rotatable bonds is 0. The summed E-state index contributed by atoms with van der Waals surface area (Å²) in [6, 6.07) is 7.13. The predicted molar refractivity (Wildman–Crippen MR) is 97.6 cm³/mol. The van der Waals surface area contributed by atoms with Crippen molar-refractivity contribution < 1.29 is 70.6 Å². The molecule has 1 aromatic carbocycles. The Balaban J connectivity index is -0.000000123. The van der Waals surface area contributed by atoms with E-state index in [4.69, 9.17) is 42.3 Å². The second-order valence-electron chi connectivity index (χ2n) is 4.68. The van der Waals surface area contributed by atoms with Gasteiger partial charge in [-0.3, -0.25) is 0 Å². The fraction of sp³-hybridized carbons (Fsp3) is 0.182. The maximum atomic E-state index is 12.0. The van der Waals surface area contributed by atoms with Gasteiger partial charge in [-0.2, -0.15) is 10.8 Å². The van der Waals surface area contributed by atoms with Crippen molar-refractivity contribution in [1.82, 2.24) is 0 Å². The van der Waals surface area contributed by atoms with Crippen molar-refractivity contribution in [2.75, 3.05) is 13.2 Å². The standard InChI is InChI=1S/C16H13NO3.6CO.2Co/c17-10-11-5-6-13-14(9-11)12-3-1-7-19-8-2-4-15(12)20-16(13)18;6*1-2;;/h1,3,5-6,9H,2,4,7-8H2;;;;;;;;/q-2;;;;;;;;+2. The molecular weight excluding hydrogens is 540 g/mol. The first-order valence-corrected chi connectivity index (χ1v) is 7.76. The number of hydrogen-bond acceptors (Lipinski definition) is 4. The first-order valence-electron chi connectivity index (χ1n) is 7.76. The normalized spacial score (nSPS) is 9.38. The summed E-state index contributed by atoms with van der Waals surface area (Å²) in [5, 5.41) is 10.3. The van der Waals surface area contributed by atoms with Gasteiger partial charge in [-0.05, 0) is 18.9 Å². The Kier molecular flexibility index (Phi) is 45.9. The van der Waals surface area contributed by atoms with Gasteiger partial charge in [0.2, 0.25) is 0 Å². The summed E-state index contributed by atoms with van der Waals surface area (Å²) in [6.07, 6.45) is 5.28. The van der Waals surface area contributed by atoms with Crippen LogP contribution in [0.15, 0.2) is 27.4 Å². The minimum atomic E-state index is -0.350. The van der Waals surface area contributed by atoms with Crippen LogP contribution in [0.2, 0.25) is 0 Å². The predicted octanol–water partition coefficient (Wildman–Crippen LogP) is 2.15. The van der Waals surface area contributed by atoms with Crippen molar-refractivity contribution in [2.45, 2.75) is 12.8 Å². The fourth-order valence-corrected chi connectivity index (χ4v) is 2.41. The van der Waals surface area contributed by atoms with Crippen LogP contribution in [0.5, 0.6) is 0 Å². The van der Waals surface area contributed by atoms with Gasteiger partial charge in [-0.25, -0.2) is 4.79 Å². The molecule has 3 rings (SSSR count). The van der Waals surface area contributed by atoms with Crippen LogP contribution in [0.1, 0.15) is 23.3 Å². The summed E-state index contributed by atoms with van der Waals surface area (Å²) in [5.41, 5.74) is 1.06. The van der Waals surface area contributed by atoms with Gasteiger partial charge < -0.3 is 22.0 Å². The van der Waals surface area contributed by atoms with E-state index in [0.29, 0.717) is 36.3 Å². The van der Waals surface area contributed by atoms with Crippen molar-refractivity contribution >= 4 is 10.8 Å². The SMILES string of the molecule is N#Cc1ccc2c(=O)oc3c(c2c1)[CH-][CH-]COCCC3.[C-]#[O+].[C-]#[O+].[C-]#[O+].[C-]#[O+].[C-]#[O+].[C-]#[O+].[Co+2].[Co]. The third-order valence-electron chi connectivity index (χ3n) is 3.37. The van der Waals surface area contributed by atoms with Crippen LogP contribution in [0, 0.1) is 64.1 Å². The Bertz CT molecular complexity index is 966. The summed E-state index contributed by atoms with van der Waals surface area (Å²) >= 11 is 0. The summed E-state index contributed by atoms with van der Waals surface area (Å²) in [5.74, 6) is 0.666. The smallest absolute Gasteiger partial charge is 0 e. The van der Waals surface area contributed by atoms with Crippen molar-refractivity contribution in [2.24, 2.45) is 0 Å². The van der Waals surface area contributed by atoms with Gasteiger partial charge >= 0.3 is 90.2 Å². The fourth-order valence-electron chi connectivity index (χ4n) is 2.41. The third-order valence-corrected chi connectivity index (χ3v) is 3.37. The molecule has 0 spiro atoms. The average molecular weight is 553 g/mol. The maximum absolute atomic E-state index is 12.0. The van der Waals surface area contributed by atoms with E-state index in [1.807, 2.05) is 12.8 Å². The first kappa shape index (κ1) is 44.8. The third kappa shape index (κ3) is 15.9. The van der Waals surface area contributed by atoms with E-state index >= 15 is 0 Å².